The van der Waals surface area contributed by atoms with Gasteiger partial charge >= 0.3 is 5.97 Å². The smallest absolute Gasteiger partial charge is 0.327 e. The molecule has 30 heavy (non-hydrogen) atoms. The summed E-state index contributed by atoms with van der Waals surface area (Å²) in [7, 11) is 0. The summed E-state index contributed by atoms with van der Waals surface area (Å²) in [4.78, 5) is 17.4. The molecule has 0 aliphatic carbocycles. The minimum absolute atomic E-state index is 0.224. The summed E-state index contributed by atoms with van der Waals surface area (Å²) < 4.78 is 23.9. The van der Waals surface area contributed by atoms with E-state index in [9.17, 15) is 4.79 Å². The van der Waals surface area contributed by atoms with Crippen LogP contribution in [0.15, 0.2) is 60.7 Å². The van der Waals surface area contributed by atoms with Crippen molar-refractivity contribution in [3.63, 3.8) is 0 Å². The normalized spacial score (nSPS) is 26.4. The minimum atomic E-state index is -0.770. The van der Waals surface area contributed by atoms with Crippen molar-refractivity contribution in [2.75, 3.05) is 13.2 Å². The summed E-state index contributed by atoms with van der Waals surface area (Å²) in [6.45, 7) is 3.49. The van der Waals surface area contributed by atoms with Crippen molar-refractivity contribution in [2.45, 2.75) is 51.2 Å². The Labute approximate surface area is 176 Å². The Hall–Kier alpha value is -2.29. The number of benzene rings is 2. The second kappa shape index (κ2) is 10.1. The van der Waals surface area contributed by atoms with Crippen molar-refractivity contribution in [3.8, 4) is 0 Å². The van der Waals surface area contributed by atoms with Gasteiger partial charge in [-0.15, -0.1) is 0 Å². The molecule has 2 aromatic rings. The molecule has 2 fully saturated rings. The van der Waals surface area contributed by atoms with Crippen molar-refractivity contribution < 1.29 is 28.6 Å². The van der Waals surface area contributed by atoms with Gasteiger partial charge in [-0.1, -0.05) is 65.7 Å². The van der Waals surface area contributed by atoms with Crippen LogP contribution < -0.4 is 0 Å². The van der Waals surface area contributed by atoms with Crippen LogP contribution in [0.5, 0.6) is 0 Å². The summed E-state index contributed by atoms with van der Waals surface area (Å²) in [5.74, 6) is -0.313. The van der Waals surface area contributed by atoms with E-state index in [4.69, 9.17) is 23.8 Å². The Kier molecular flexibility index (Phi) is 7.09. The molecule has 0 unspecified atom stereocenters. The molecule has 0 amide bonds. The lowest BCUT2D eigenvalue weighted by Crippen LogP contribution is -2.60. The molecule has 2 aromatic carbocycles. The Bertz CT molecular complexity index is 802. The molecular formula is C23H27NO6. The molecule has 2 heterocycles. The Morgan fingerprint density at radius 1 is 0.967 bits per heavy atom. The van der Waals surface area contributed by atoms with E-state index in [0.29, 0.717) is 26.4 Å². The van der Waals surface area contributed by atoms with Crippen LogP contribution in [-0.4, -0.2) is 48.9 Å². The standard InChI is InChI=1S/C23H27NO6/c1-2-27-23-24-19(13-21(25)30-24)22(28-15-18-11-7-4-8-12-18)20(29-23)16-26-14-17-9-5-3-6-10-17/h3-12,19-20,22-23H,2,13-16H2,1H3/t19-,20+,22-,23+/m0/s1. The van der Waals surface area contributed by atoms with Crippen molar-refractivity contribution in [2.24, 2.45) is 0 Å². The minimum Gasteiger partial charge on any atom is -0.374 e. The molecule has 2 aliphatic rings. The molecule has 4 rings (SSSR count). The first kappa shape index (κ1) is 21.0. The van der Waals surface area contributed by atoms with Crippen LogP contribution in [0.1, 0.15) is 24.5 Å². The van der Waals surface area contributed by atoms with Crippen LogP contribution in [0.2, 0.25) is 0 Å². The van der Waals surface area contributed by atoms with Crippen LogP contribution in [0.25, 0.3) is 0 Å². The topological polar surface area (TPSA) is 66.5 Å². The lowest BCUT2D eigenvalue weighted by Gasteiger charge is -2.43. The zero-order chi connectivity index (χ0) is 20.8. The van der Waals surface area contributed by atoms with E-state index in [1.165, 1.54) is 5.06 Å². The highest BCUT2D eigenvalue weighted by atomic mass is 16.8. The van der Waals surface area contributed by atoms with Crippen LogP contribution >= 0.6 is 0 Å². The molecule has 0 radical (unpaired) electrons. The zero-order valence-electron chi connectivity index (χ0n) is 17.0. The van der Waals surface area contributed by atoms with E-state index in [0.717, 1.165) is 11.1 Å². The van der Waals surface area contributed by atoms with Crippen molar-refractivity contribution in [3.05, 3.63) is 71.8 Å². The van der Waals surface area contributed by atoms with Crippen LogP contribution in [0.3, 0.4) is 0 Å². The summed E-state index contributed by atoms with van der Waals surface area (Å²) in [5, 5.41) is 1.48. The zero-order valence-corrected chi connectivity index (χ0v) is 17.0. The van der Waals surface area contributed by atoms with Gasteiger partial charge in [0, 0.05) is 6.61 Å². The second-order valence-electron chi connectivity index (χ2n) is 7.29. The SMILES string of the molecule is CCO[C@@H]1O[C@H](COCc2ccccc2)[C@@H](OCc2ccccc2)[C@@H]2CC(=O)ON12. The molecule has 160 valence electrons. The molecule has 2 saturated heterocycles. The molecule has 7 nitrogen and oxygen atoms in total. The van der Waals surface area contributed by atoms with Gasteiger partial charge in [0.1, 0.15) is 12.2 Å². The average Bonchev–Trinajstić information content (AvgIpc) is 3.16. The predicted molar refractivity (Wildman–Crippen MR) is 108 cm³/mol. The number of rotatable bonds is 9. The van der Waals surface area contributed by atoms with E-state index in [1.54, 1.807) is 0 Å². The van der Waals surface area contributed by atoms with Crippen molar-refractivity contribution in [1.82, 2.24) is 5.06 Å². The monoisotopic (exact) mass is 413 g/mol. The Morgan fingerprint density at radius 3 is 2.30 bits per heavy atom. The van der Waals surface area contributed by atoms with Gasteiger partial charge in [-0.2, -0.15) is 0 Å². The Morgan fingerprint density at radius 2 is 1.63 bits per heavy atom. The number of ether oxygens (including phenoxy) is 4. The van der Waals surface area contributed by atoms with E-state index < -0.39 is 18.6 Å². The fraction of sp³-hybridized carbons (Fsp3) is 0.435. The van der Waals surface area contributed by atoms with E-state index in [1.807, 2.05) is 67.6 Å². The number of fused-ring (bicyclic) bond motifs is 1. The number of carbonyl (C=O) groups excluding carboxylic acids is 1. The average molecular weight is 413 g/mol. The predicted octanol–water partition coefficient (Wildman–Crippen LogP) is 3.04. The molecule has 0 spiro atoms. The molecular weight excluding hydrogens is 386 g/mol. The van der Waals surface area contributed by atoms with E-state index in [2.05, 4.69) is 0 Å². The van der Waals surface area contributed by atoms with Gasteiger partial charge in [-0.3, -0.25) is 4.79 Å². The highest BCUT2D eigenvalue weighted by Crippen LogP contribution is 2.33. The van der Waals surface area contributed by atoms with E-state index in [-0.39, 0.29) is 18.4 Å². The maximum atomic E-state index is 12.0. The summed E-state index contributed by atoms with van der Waals surface area (Å²) in [6, 6.07) is 19.6. The summed E-state index contributed by atoms with van der Waals surface area (Å²) >= 11 is 0. The largest absolute Gasteiger partial charge is 0.374 e. The highest BCUT2D eigenvalue weighted by molar-refractivity contribution is 5.71. The van der Waals surface area contributed by atoms with Gasteiger partial charge in [-0.05, 0) is 18.1 Å². The Balaban J connectivity index is 1.46. The van der Waals surface area contributed by atoms with Crippen LogP contribution in [0.4, 0.5) is 0 Å². The first-order valence-electron chi connectivity index (χ1n) is 10.3. The van der Waals surface area contributed by atoms with Crippen LogP contribution in [-0.2, 0) is 41.8 Å². The summed E-state index contributed by atoms with van der Waals surface area (Å²) in [5.41, 5.74) is 2.13. The molecule has 7 heteroatoms. The molecule has 4 atom stereocenters. The highest BCUT2D eigenvalue weighted by Gasteiger charge is 2.52. The maximum absolute atomic E-state index is 12.0. The first-order chi connectivity index (χ1) is 14.7. The lowest BCUT2D eigenvalue weighted by atomic mass is 10.0. The second-order valence-corrected chi connectivity index (χ2v) is 7.29. The molecule has 0 N–H and O–H groups in total. The fourth-order valence-corrected chi connectivity index (χ4v) is 3.72. The third-order valence-electron chi connectivity index (χ3n) is 5.14. The lowest BCUT2D eigenvalue weighted by molar-refractivity contribution is -0.380. The third-order valence-corrected chi connectivity index (χ3v) is 5.14. The molecule has 0 bridgehead atoms. The molecule has 2 aliphatic heterocycles. The summed E-state index contributed by atoms with van der Waals surface area (Å²) in [6.07, 6.45) is -1.34. The van der Waals surface area contributed by atoms with Gasteiger partial charge in [-0.25, -0.2) is 0 Å². The van der Waals surface area contributed by atoms with Crippen molar-refractivity contribution >= 4 is 5.97 Å². The van der Waals surface area contributed by atoms with Gasteiger partial charge in [0.25, 0.3) is 6.41 Å². The number of hydrogen-bond acceptors (Lipinski definition) is 7. The fourth-order valence-electron chi connectivity index (χ4n) is 3.72. The van der Waals surface area contributed by atoms with Gasteiger partial charge in [0.15, 0.2) is 0 Å². The number of nitrogens with zero attached hydrogens (tertiary/aromatic N) is 1. The van der Waals surface area contributed by atoms with E-state index >= 15 is 0 Å². The number of hydrogen-bond donors (Lipinski definition) is 0. The van der Waals surface area contributed by atoms with Gasteiger partial charge in [0.05, 0.1) is 32.3 Å². The van der Waals surface area contributed by atoms with Crippen LogP contribution in [0, 0.1) is 0 Å². The van der Waals surface area contributed by atoms with Crippen molar-refractivity contribution in [1.29, 1.82) is 0 Å². The van der Waals surface area contributed by atoms with Gasteiger partial charge in [0.2, 0.25) is 0 Å². The number of carbonyl (C=O) groups is 1. The number of hydroxylamine groups is 2. The molecule has 0 saturated carbocycles. The van der Waals surface area contributed by atoms with Gasteiger partial charge < -0.3 is 23.8 Å². The molecule has 0 aromatic heterocycles. The maximum Gasteiger partial charge on any atom is 0.327 e. The third kappa shape index (κ3) is 5.06. The quantitative estimate of drug-likeness (QED) is 0.626. The first-order valence-corrected chi connectivity index (χ1v) is 10.3.